The van der Waals surface area contributed by atoms with Crippen LogP contribution in [0.2, 0.25) is 0 Å². The first-order valence-electron chi connectivity index (χ1n) is 7.93. The summed E-state index contributed by atoms with van der Waals surface area (Å²) in [5.74, 6) is 0.0822. The summed E-state index contributed by atoms with van der Waals surface area (Å²) in [5.41, 5.74) is 1.88. The van der Waals surface area contributed by atoms with Crippen molar-refractivity contribution in [3.63, 3.8) is 0 Å². The normalized spacial score (nSPS) is 19.0. The van der Waals surface area contributed by atoms with Crippen LogP contribution < -0.4 is 0 Å². The minimum Gasteiger partial charge on any atom is -0.396 e. The number of amides is 1. The van der Waals surface area contributed by atoms with Crippen molar-refractivity contribution in [1.82, 2.24) is 9.80 Å². The highest BCUT2D eigenvalue weighted by Crippen LogP contribution is 2.25. The molecule has 0 saturated carbocycles. The Bertz CT molecular complexity index is 640. The number of hydrogen-bond acceptors (Lipinski definition) is 4. The van der Waals surface area contributed by atoms with E-state index in [4.69, 9.17) is 0 Å². The van der Waals surface area contributed by atoms with Crippen molar-refractivity contribution in [3.05, 3.63) is 47.3 Å². The van der Waals surface area contributed by atoms with Crippen LogP contribution in [0, 0.1) is 0 Å². The van der Waals surface area contributed by atoms with Gasteiger partial charge in [-0.1, -0.05) is 18.2 Å². The summed E-state index contributed by atoms with van der Waals surface area (Å²) in [6, 6.07) is 12.2. The van der Waals surface area contributed by atoms with E-state index in [2.05, 4.69) is 23.4 Å². The van der Waals surface area contributed by atoms with Crippen LogP contribution in [0.1, 0.15) is 16.8 Å². The minimum absolute atomic E-state index is 0.0822. The van der Waals surface area contributed by atoms with E-state index in [9.17, 15) is 9.90 Å². The van der Waals surface area contributed by atoms with Gasteiger partial charge in [-0.3, -0.25) is 9.69 Å². The summed E-state index contributed by atoms with van der Waals surface area (Å²) in [6.07, 6.45) is 0.706. The second-order valence-corrected chi connectivity index (χ2v) is 6.90. The molecule has 1 atom stereocenters. The SMILES string of the molecule is CN1CCN(C(=O)c2ccc(-c3cccs3)cc2)C[C@@H]1CCO. The van der Waals surface area contributed by atoms with Crippen LogP contribution in [0.25, 0.3) is 10.4 Å². The number of rotatable bonds is 4. The van der Waals surface area contributed by atoms with Crippen molar-refractivity contribution in [2.45, 2.75) is 12.5 Å². The van der Waals surface area contributed by atoms with Gasteiger partial charge in [-0.25, -0.2) is 0 Å². The van der Waals surface area contributed by atoms with Crippen molar-refractivity contribution < 1.29 is 9.90 Å². The summed E-state index contributed by atoms with van der Waals surface area (Å²) in [7, 11) is 2.05. The maximum absolute atomic E-state index is 12.7. The van der Waals surface area contributed by atoms with Crippen LogP contribution in [0.3, 0.4) is 0 Å². The van der Waals surface area contributed by atoms with E-state index in [1.807, 2.05) is 35.2 Å². The van der Waals surface area contributed by atoms with Gasteiger partial charge < -0.3 is 10.0 Å². The Labute approximate surface area is 141 Å². The number of likely N-dealkylation sites (N-methyl/N-ethyl adjacent to an activating group) is 1. The number of thiophene rings is 1. The molecule has 23 heavy (non-hydrogen) atoms. The fourth-order valence-corrected chi connectivity index (χ4v) is 3.73. The third-order valence-electron chi connectivity index (χ3n) is 4.46. The molecule has 1 aliphatic rings. The Morgan fingerprint density at radius 1 is 1.26 bits per heavy atom. The predicted molar refractivity (Wildman–Crippen MR) is 93.8 cm³/mol. The first-order valence-corrected chi connectivity index (χ1v) is 8.81. The average Bonchev–Trinajstić information content (AvgIpc) is 3.11. The number of aliphatic hydroxyl groups excluding tert-OH is 1. The Morgan fingerprint density at radius 3 is 2.70 bits per heavy atom. The van der Waals surface area contributed by atoms with E-state index in [0.717, 1.165) is 24.2 Å². The van der Waals surface area contributed by atoms with Gasteiger partial charge >= 0.3 is 0 Å². The van der Waals surface area contributed by atoms with Crippen molar-refractivity contribution >= 4 is 17.2 Å². The smallest absolute Gasteiger partial charge is 0.253 e. The topological polar surface area (TPSA) is 43.8 Å². The lowest BCUT2D eigenvalue weighted by Crippen LogP contribution is -2.53. The molecular weight excluding hydrogens is 308 g/mol. The Morgan fingerprint density at radius 2 is 2.04 bits per heavy atom. The van der Waals surface area contributed by atoms with Crippen LogP contribution >= 0.6 is 11.3 Å². The van der Waals surface area contributed by atoms with E-state index >= 15 is 0 Å². The molecule has 1 aromatic carbocycles. The number of hydrogen-bond donors (Lipinski definition) is 1. The number of carbonyl (C=O) groups is 1. The number of nitrogens with zero attached hydrogens (tertiary/aromatic N) is 2. The van der Waals surface area contributed by atoms with E-state index < -0.39 is 0 Å². The maximum Gasteiger partial charge on any atom is 0.253 e. The van der Waals surface area contributed by atoms with Crippen LogP contribution in [0.5, 0.6) is 0 Å². The van der Waals surface area contributed by atoms with E-state index in [0.29, 0.717) is 13.0 Å². The first kappa shape index (κ1) is 16.2. The van der Waals surface area contributed by atoms with Gasteiger partial charge in [0.25, 0.3) is 5.91 Å². The molecule has 1 aromatic heterocycles. The average molecular weight is 330 g/mol. The maximum atomic E-state index is 12.7. The van der Waals surface area contributed by atoms with Gasteiger partial charge in [0.2, 0.25) is 0 Å². The molecular formula is C18H22N2O2S. The van der Waals surface area contributed by atoms with E-state index in [1.165, 1.54) is 4.88 Å². The second-order valence-electron chi connectivity index (χ2n) is 5.95. The molecule has 1 fully saturated rings. The summed E-state index contributed by atoms with van der Waals surface area (Å²) in [5, 5.41) is 11.2. The lowest BCUT2D eigenvalue weighted by Gasteiger charge is -2.39. The Balaban J connectivity index is 1.70. The van der Waals surface area contributed by atoms with E-state index in [1.54, 1.807) is 11.3 Å². The summed E-state index contributed by atoms with van der Waals surface area (Å²) >= 11 is 1.70. The van der Waals surface area contributed by atoms with Gasteiger partial charge in [0.1, 0.15) is 0 Å². The van der Waals surface area contributed by atoms with Crippen molar-refractivity contribution in [1.29, 1.82) is 0 Å². The molecule has 122 valence electrons. The van der Waals surface area contributed by atoms with Crippen LogP contribution in [0.15, 0.2) is 41.8 Å². The van der Waals surface area contributed by atoms with Gasteiger partial charge in [-0.2, -0.15) is 0 Å². The molecule has 5 heteroatoms. The zero-order valence-electron chi connectivity index (χ0n) is 13.3. The highest BCUT2D eigenvalue weighted by molar-refractivity contribution is 7.13. The second kappa shape index (κ2) is 7.25. The molecule has 2 heterocycles. The minimum atomic E-state index is 0.0822. The highest BCUT2D eigenvalue weighted by Gasteiger charge is 2.27. The first-order chi connectivity index (χ1) is 11.2. The summed E-state index contributed by atoms with van der Waals surface area (Å²) in [4.78, 5) is 18.0. The van der Waals surface area contributed by atoms with E-state index in [-0.39, 0.29) is 18.6 Å². The predicted octanol–water partition coefficient (Wildman–Crippen LogP) is 2.55. The van der Waals surface area contributed by atoms with Gasteiger partial charge in [-0.15, -0.1) is 11.3 Å². The van der Waals surface area contributed by atoms with Gasteiger partial charge in [0, 0.05) is 42.7 Å². The third-order valence-corrected chi connectivity index (χ3v) is 5.38. The van der Waals surface area contributed by atoms with Gasteiger partial charge in [0.15, 0.2) is 0 Å². The zero-order valence-corrected chi connectivity index (χ0v) is 14.1. The summed E-state index contributed by atoms with van der Waals surface area (Å²) < 4.78 is 0. The van der Waals surface area contributed by atoms with Gasteiger partial charge in [-0.05, 0) is 42.6 Å². The van der Waals surface area contributed by atoms with Crippen molar-refractivity contribution in [3.8, 4) is 10.4 Å². The quantitative estimate of drug-likeness (QED) is 0.937. The van der Waals surface area contributed by atoms with Crippen molar-refractivity contribution in [2.75, 3.05) is 33.3 Å². The monoisotopic (exact) mass is 330 g/mol. The lowest BCUT2D eigenvalue weighted by atomic mass is 10.1. The third kappa shape index (κ3) is 3.63. The molecule has 0 unspecified atom stereocenters. The fourth-order valence-electron chi connectivity index (χ4n) is 2.99. The number of carbonyl (C=O) groups excluding carboxylic acids is 1. The Kier molecular flexibility index (Phi) is 5.10. The molecule has 3 rings (SSSR count). The molecule has 1 aliphatic heterocycles. The van der Waals surface area contributed by atoms with Crippen LogP contribution in [-0.4, -0.2) is 60.1 Å². The number of benzene rings is 1. The van der Waals surface area contributed by atoms with Gasteiger partial charge in [0.05, 0.1) is 0 Å². The molecule has 0 aliphatic carbocycles. The molecule has 0 radical (unpaired) electrons. The molecule has 0 spiro atoms. The number of aliphatic hydroxyl groups is 1. The van der Waals surface area contributed by atoms with Crippen molar-refractivity contribution in [2.24, 2.45) is 0 Å². The Hall–Kier alpha value is -1.69. The number of piperazine rings is 1. The fraction of sp³-hybridized carbons (Fsp3) is 0.389. The summed E-state index contributed by atoms with van der Waals surface area (Å²) in [6.45, 7) is 2.43. The van der Waals surface area contributed by atoms with Crippen LogP contribution in [-0.2, 0) is 0 Å². The molecule has 1 saturated heterocycles. The molecule has 1 N–H and O–H groups in total. The molecule has 4 nitrogen and oxygen atoms in total. The molecule has 1 amide bonds. The molecule has 2 aromatic rings. The standard InChI is InChI=1S/C18H22N2O2S/c1-19-9-10-20(13-16(19)8-11-21)18(22)15-6-4-14(5-7-15)17-3-2-12-23-17/h2-7,12,16,21H,8-11,13H2,1H3/t16-/m0/s1. The lowest BCUT2D eigenvalue weighted by molar-refractivity contribution is 0.0500. The highest BCUT2D eigenvalue weighted by atomic mass is 32.1. The molecule has 0 bridgehead atoms. The van der Waals surface area contributed by atoms with Crippen LogP contribution in [0.4, 0.5) is 0 Å². The zero-order chi connectivity index (χ0) is 16.2. The largest absolute Gasteiger partial charge is 0.396 e.